The summed E-state index contributed by atoms with van der Waals surface area (Å²) in [6, 6.07) is 5.20. The summed E-state index contributed by atoms with van der Waals surface area (Å²) in [5.74, 6) is 1.18. The lowest BCUT2D eigenvalue weighted by Crippen LogP contribution is -2.46. The van der Waals surface area contributed by atoms with E-state index in [-0.39, 0.29) is 18.5 Å². The van der Waals surface area contributed by atoms with Crippen LogP contribution >= 0.6 is 11.8 Å². The molecule has 2 N–H and O–H groups in total. The zero-order valence-electron chi connectivity index (χ0n) is 14.2. The van der Waals surface area contributed by atoms with Gasteiger partial charge in [-0.2, -0.15) is 0 Å². The van der Waals surface area contributed by atoms with Crippen molar-refractivity contribution >= 4 is 29.4 Å². The molecule has 0 fully saturated rings. The van der Waals surface area contributed by atoms with Crippen molar-refractivity contribution in [3.05, 3.63) is 41.5 Å². The number of nitrogens with one attached hydrogen (secondary N) is 2. The monoisotopic (exact) mass is 360 g/mol. The molecule has 0 bridgehead atoms. The Kier molecular flexibility index (Phi) is 5.28. The molecule has 0 aromatic carbocycles. The van der Waals surface area contributed by atoms with E-state index in [1.807, 2.05) is 19.9 Å². The normalized spacial score (nSPS) is 13.3. The van der Waals surface area contributed by atoms with Crippen LogP contribution in [0, 0.1) is 13.8 Å². The van der Waals surface area contributed by atoms with Crippen molar-refractivity contribution in [1.29, 1.82) is 0 Å². The van der Waals surface area contributed by atoms with Gasteiger partial charge in [0.25, 0.3) is 0 Å². The van der Waals surface area contributed by atoms with Crippen molar-refractivity contribution in [2.75, 3.05) is 23.7 Å². The standard InChI is InChI=1S/C17H20N4O3S/c1-11-8-12(2)20-16-15(11)21(5-7-25-16)17(23)19-10-14(22)18-9-13-4-3-6-24-13/h3-4,6,8H,5,7,9-10H2,1-2H3,(H,18,22)(H,19,23). The molecule has 1 aliphatic heterocycles. The fourth-order valence-electron chi connectivity index (χ4n) is 2.69. The highest BCUT2D eigenvalue weighted by atomic mass is 32.2. The van der Waals surface area contributed by atoms with Crippen molar-refractivity contribution < 1.29 is 14.0 Å². The number of anilines is 1. The lowest BCUT2D eigenvalue weighted by atomic mass is 10.2. The summed E-state index contributed by atoms with van der Waals surface area (Å²) in [4.78, 5) is 30.6. The number of urea groups is 1. The Morgan fingerprint density at radius 2 is 2.20 bits per heavy atom. The molecule has 132 valence electrons. The Bertz CT molecular complexity index is 776. The predicted octanol–water partition coefficient (Wildman–Crippen LogP) is 2.23. The van der Waals surface area contributed by atoms with E-state index in [9.17, 15) is 9.59 Å². The average Bonchev–Trinajstić information content (AvgIpc) is 3.10. The SMILES string of the molecule is Cc1cc(C)c2c(n1)SCCN2C(=O)NCC(=O)NCc1ccco1. The summed E-state index contributed by atoms with van der Waals surface area (Å²) < 4.78 is 5.15. The van der Waals surface area contributed by atoms with Gasteiger partial charge in [-0.15, -0.1) is 11.8 Å². The highest BCUT2D eigenvalue weighted by molar-refractivity contribution is 7.99. The third kappa shape index (κ3) is 4.14. The van der Waals surface area contributed by atoms with Crippen molar-refractivity contribution in [3.63, 3.8) is 0 Å². The minimum Gasteiger partial charge on any atom is -0.467 e. The summed E-state index contributed by atoms with van der Waals surface area (Å²) in [7, 11) is 0. The van der Waals surface area contributed by atoms with E-state index in [2.05, 4.69) is 15.6 Å². The Balaban J connectivity index is 1.58. The smallest absolute Gasteiger partial charge is 0.322 e. The molecule has 0 atom stereocenters. The number of hydrogen-bond acceptors (Lipinski definition) is 5. The van der Waals surface area contributed by atoms with Crippen LogP contribution in [0.25, 0.3) is 0 Å². The van der Waals surface area contributed by atoms with Gasteiger partial charge in [-0.1, -0.05) is 0 Å². The van der Waals surface area contributed by atoms with Gasteiger partial charge in [-0.05, 0) is 37.6 Å². The molecule has 0 spiro atoms. The summed E-state index contributed by atoms with van der Waals surface area (Å²) in [5.41, 5.74) is 2.77. The lowest BCUT2D eigenvalue weighted by Gasteiger charge is -2.30. The number of rotatable bonds is 4. The second-order valence-corrected chi connectivity index (χ2v) is 6.83. The van der Waals surface area contributed by atoms with Crippen molar-refractivity contribution in [3.8, 4) is 0 Å². The number of pyridine rings is 1. The molecular weight excluding hydrogens is 340 g/mol. The Hall–Kier alpha value is -2.48. The molecule has 2 aromatic heterocycles. The van der Waals surface area contributed by atoms with Crippen LogP contribution in [0.2, 0.25) is 0 Å². The number of thioether (sulfide) groups is 1. The molecule has 7 nitrogen and oxygen atoms in total. The number of carbonyl (C=O) groups is 2. The number of hydrogen-bond donors (Lipinski definition) is 2. The van der Waals surface area contributed by atoms with Crippen LogP contribution in [0.3, 0.4) is 0 Å². The molecule has 1 aliphatic rings. The van der Waals surface area contributed by atoms with Gasteiger partial charge in [0.15, 0.2) is 0 Å². The fourth-order valence-corrected chi connectivity index (χ4v) is 3.77. The third-order valence-electron chi connectivity index (χ3n) is 3.79. The maximum Gasteiger partial charge on any atom is 0.322 e. The van der Waals surface area contributed by atoms with Crippen LogP contribution in [0.4, 0.5) is 10.5 Å². The van der Waals surface area contributed by atoms with Crippen molar-refractivity contribution in [2.24, 2.45) is 0 Å². The van der Waals surface area contributed by atoms with Gasteiger partial charge in [0, 0.05) is 18.0 Å². The number of carbonyl (C=O) groups excluding carboxylic acids is 2. The van der Waals surface area contributed by atoms with E-state index in [1.165, 1.54) is 0 Å². The molecule has 8 heteroatoms. The highest BCUT2D eigenvalue weighted by Crippen LogP contribution is 2.36. The first kappa shape index (κ1) is 17.3. The maximum atomic E-state index is 12.5. The minimum atomic E-state index is -0.288. The number of aryl methyl sites for hydroxylation is 2. The van der Waals surface area contributed by atoms with E-state index < -0.39 is 0 Å². The molecule has 25 heavy (non-hydrogen) atoms. The molecule has 0 radical (unpaired) electrons. The second-order valence-electron chi connectivity index (χ2n) is 5.75. The predicted molar refractivity (Wildman–Crippen MR) is 95.7 cm³/mol. The molecule has 0 saturated carbocycles. The van der Waals surface area contributed by atoms with Crippen LogP contribution in [0.15, 0.2) is 33.9 Å². The Labute approximate surface area is 150 Å². The molecule has 0 aliphatic carbocycles. The average molecular weight is 360 g/mol. The highest BCUT2D eigenvalue weighted by Gasteiger charge is 2.26. The van der Waals surface area contributed by atoms with Crippen LogP contribution in [0.1, 0.15) is 17.0 Å². The summed E-state index contributed by atoms with van der Waals surface area (Å²) >= 11 is 1.65. The van der Waals surface area contributed by atoms with Gasteiger partial charge >= 0.3 is 6.03 Å². The summed E-state index contributed by atoms with van der Waals surface area (Å²) in [5, 5.41) is 6.23. The van der Waals surface area contributed by atoms with Crippen LogP contribution < -0.4 is 15.5 Å². The van der Waals surface area contributed by atoms with Gasteiger partial charge < -0.3 is 15.1 Å². The first-order valence-corrected chi connectivity index (χ1v) is 8.98. The topological polar surface area (TPSA) is 87.5 Å². The first-order valence-electron chi connectivity index (χ1n) is 8.00. The van der Waals surface area contributed by atoms with Crippen LogP contribution in [0.5, 0.6) is 0 Å². The lowest BCUT2D eigenvalue weighted by molar-refractivity contribution is -0.120. The Morgan fingerprint density at radius 1 is 1.36 bits per heavy atom. The zero-order chi connectivity index (χ0) is 17.8. The van der Waals surface area contributed by atoms with Crippen molar-refractivity contribution in [1.82, 2.24) is 15.6 Å². The zero-order valence-corrected chi connectivity index (χ0v) is 15.0. The van der Waals surface area contributed by atoms with Gasteiger partial charge in [-0.3, -0.25) is 9.69 Å². The number of furan rings is 1. The van der Waals surface area contributed by atoms with Crippen LogP contribution in [-0.4, -0.2) is 35.8 Å². The van der Waals surface area contributed by atoms with Gasteiger partial charge in [0.05, 0.1) is 25.0 Å². The van der Waals surface area contributed by atoms with E-state index in [0.29, 0.717) is 18.8 Å². The van der Waals surface area contributed by atoms with E-state index in [4.69, 9.17) is 4.42 Å². The fraction of sp³-hybridized carbons (Fsp3) is 0.353. The molecule has 2 aromatic rings. The van der Waals surface area contributed by atoms with Crippen molar-refractivity contribution in [2.45, 2.75) is 25.4 Å². The quantitative estimate of drug-likeness (QED) is 0.873. The number of fused-ring (bicyclic) bond motifs is 1. The van der Waals surface area contributed by atoms with Gasteiger partial charge in [0.2, 0.25) is 5.91 Å². The second kappa shape index (κ2) is 7.60. The molecule has 3 heterocycles. The Morgan fingerprint density at radius 3 is 2.96 bits per heavy atom. The number of amides is 3. The number of nitrogens with zero attached hydrogens (tertiary/aromatic N) is 2. The molecular formula is C17H20N4O3S. The molecule has 3 rings (SSSR count). The largest absolute Gasteiger partial charge is 0.467 e. The summed E-state index contributed by atoms with van der Waals surface area (Å²) in [6.45, 7) is 4.71. The van der Waals surface area contributed by atoms with E-state index >= 15 is 0 Å². The summed E-state index contributed by atoms with van der Waals surface area (Å²) in [6.07, 6.45) is 1.55. The van der Waals surface area contributed by atoms with Crippen LogP contribution in [-0.2, 0) is 11.3 Å². The van der Waals surface area contributed by atoms with Gasteiger partial charge in [-0.25, -0.2) is 9.78 Å². The first-order chi connectivity index (χ1) is 12.0. The van der Waals surface area contributed by atoms with E-state index in [1.54, 1.807) is 35.1 Å². The molecule has 0 unspecified atom stereocenters. The van der Waals surface area contributed by atoms with Gasteiger partial charge in [0.1, 0.15) is 10.8 Å². The third-order valence-corrected chi connectivity index (χ3v) is 4.73. The maximum absolute atomic E-state index is 12.5. The molecule has 0 saturated heterocycles. The van der Waals surface area contributed by atoms with E-state index in [0.717, 1.165) is 27.7 Å². The number of aromatic nitrogens is 1. The molecule has 3 amide bonds. The minimum absolute atomic E-state index is 0.0865.